The normalized spacial score (nSPS) is 14.6. The van der Waals surface area contributed by atoms with E-state index in [2.05, 4.69) is 27.5 Å². The van der Waals surface area contributed by atoms with Crippen molar-refractivity contribution >= 4 is 5.91 Å². The van der Waals surface area contributed by atoms with Crippen LogP contribution in [-0.4, -0.2) is 27.3 Å². The Bertz CT molecular complexity index is 861. The molecule has 1 saturated carbocycles. The lowest BCUT2D eigenvalue weighted by atomic mass is 10.0. The van der Waals surface area contributed by atoms with E-state index in [0.717, 1.165) is 24.1 Å². The lowest BCUT2D eigenvalue weighted by Crippen LogP contribution is -2.33. The van der Waals surface area contributed by atoms with E-state index >= 15 is 0 Å². The van der Waals surface area contributed by atoms with Gasteiger partial charge in [-0.15, -0.1) is 0 Å². The smallest absolute Gasteiger partial charge is 0.258 e. The molecule has 0 bridgehead atoms. The molecule has 3 aromatic rings. The number of carbonyl (C=O) groups excluding carboxylic acids is 1. The first kappa shape index (κ1) is 16.3. The third-order valence-corrected chi connectivity index (χ3v) is 4.44. The van der Waals surface area contributed by atoms with Crippen LogP contribution in [0.4, 0.5) is 0 Å². The molecule has 1 amide bonds. The van der Waals surface area contributed by atoms with Crippen LogP contribution in [0.2, 0.25) is 0 Å². The van der Waals surface area contributed by atoms with Crippen LogP contribution in [0, 0.1) is 5.92 Å². The van der Waals surface area contributed by atoms with E-state index in [1.165, 1.54) is 6.33 Å². The molecule has 0 aliphatic heterocycles. The molecule has 1 fully saturated rings. The summed E-state index contributed by atoms with van der Waals surface area (Å²) in [7, 11) is 0. The molecular formula is C20H20N4O2. The van der Waals surface area contributed by atoms with E-state index in [0.29, 0.717) is 11.7 Å². The summed E-state index contributed by atoms with van der Waals surface area (Å²) in [5.74, 6) is 1.03. The predicted octanol–water partition coefficient (Wildman–Crippen LogP) is 2.91. The lowest BCUT2D eigenvalue weighted by Gasteiger charge is -2.19. The minimum Gasteiger partial charge on any atom is -0.484 e. The predicted molar refractivity (Wildman–Crippen MR) is 96.9 cm³/mol. The molecule has 132 valence electrons. The highest BCUT2D eigenvalue weighted by Crippen LogP contribution is 2.40. The van der Waals surface area contributed by atoms with Gasteiger partial charge in [0, 0.05) is 6.07 Å². The van der Waals surface area contributed by atoms with Gasteiger partial charge in [-0.2, -0.15) is 5.10 Å². The fraction of sp³-hybridized carbons (Fsp3) is 0.250. The van der Waals surface area contributed by atoms with Crippen molar-refractivity contribution in [2.45, 2.75) is 18.9 Å². The number of rotatable bonds is 7. The molecule has 1 aliphatic rings. The molecule has 1 heterocycles. The zero-order valence-electron chi connectivity index (χ0n) is 14.3. The number of hydrogen-bond acceptors (Lipinski definition) is 4. The molecule has 4 rings (SSSR count). The summed E-state index contributed by atoms with van der Waals surface area (Å²) in [6, 6.07) is 17.6. The summed E-state index contributed by atoms with van der Waals surface area (Å²) in [5.41, 5.74) is 1.98. The van der Waals surface area contributed by atoms with Gasteiger partial charge in [0.2, 0.25) is 0 Å². The van der Waals surface area contributed by atoms with Crippen molar-refractivity contribution in [3.63, 3.8) is 0 Å². The van der Waals surface area contributed by atoms with Crippen LogP contribution in [0.3, 0.4) is 0 Å². The highest BCUT2D eigenvalue weighted by Gasteiger charge is 2.33. The van der Waals surface area contributed by atoms with Crippen molar-refractivity contribution in [1.82, 2.24) is 20.1 Å². The van der Waals surface area contributed by atoms with E-state index in [9.17, 15) is 4.79 Å². The molecule has 0 spiro atoms. The first-order valence-corrected chi connectivity index (χ1v) is 8.72. The van der Waals surface area contributed by atoms with Gasteiger partial charge in [0.15, 0.2) is 6.61 Å². The van der Waals surface area contributed by atoms with Gasteiger partial charge in [-0.3, -0.25) is 4.79 Å². The Balaban J connectivity index is 1.37. The average Bonchev–Trinajstić information content (AvgIpc) is 3.38. The van der Waals surface area contributed by atoms with Crippen LogP contribution in [0.1, 0.15) is 24.4 Å². The van der Waals surface area contributed by atoms with Gasteiger partial charge < -0.3 is 10.1 Å². The van der Waals surface area contributed by atoms with Crippen molar-refractivity contribution in [3.05, 3.63) is 72.8 Å². The van der Waals surface area contributed by atoms with Crippen LogP contribution < -0.4 is 10.1 Å². The number of nitrogens with zero attached hydrogens (tertiary/aromatic N) is 3. The molecular weight excluding hydrogens is 328 g/mol. The number of carbonyl (C=O) groups is 1. The number of benzene rings is 2. The lowest BCUT2D eigenvalue weighted by molar-refractivity contribution is -0.124. The molecule has 0 unspecified atom stereocenters. The SMILES string of the molecule is O=C(COc1cccc(-n2cncn2)c1)N[C@H](c1ccccc1)C1CC1. The van der Waals surface area contributed by atoms with E-state index in [4.69, 9.17) is 4.74 Å². The van der Waals surface area contributed by atoms with Crippen LogP contribution >= 0.6 is 0 Å². The molecule has 1 aromatic heterocycles. The van der Waals surface area contributed by atoms with E-state index in [1.807, 2.05) is 42.5 Å². The van der Waals surface area contributed by atoms with Crippen molar-refractivity contribution in [2.75, 3.05) is 6.61 Å². The Morgan fingerprint density at radius 1 is 1.19 bits per heavy atom. The Hall–Kier alpha value is -3.15. The summed E-state index contributed by atoms with van der Waals surface area (Å²) in [4.78, 5) is 16.3. The summed E-state index contributed by atoms with van der Waals surface area (Å²) in [5, 5.41) is 7.21. The van der Waals surface area contributed by atoms with Crippen LogP contribution in [0.5, 0.6) is 5.75 Å². The molecule has 6 nitrogen and oxygen atoms in total. The van der Waals surface area contributed by atoms with E-state index in [-0.39, 0.29) is 18.6 Å². The largest absolute Gasteiger partial charge is 0.484 e. The van der Waals surface area contributed by atoms with Crippen molar-refractivity contribution in [3.8, 4) is 11.4 Å². The monoisotopic (exact) mass is 348 g/mol. The van der Waals surface area contributed by atoms with Gasteiger partial charge in [-0.05, 0) is 36.5 Å². The number of amides is 1. The summed E-state index contributed by atoms with van der Waals surface area (Å²) < 4.78 is 7.31. The average molecular weight is 348 g/mol. The Labute approximate surface area is 151 Å². The van der Waals surface area contributed by atoms with E-state index in [1.54, 1.807) is 11.0 Å². The zero-order valence-corrected chi connectivity index (χ0v) is 14.3. The van der Waals surface area contributed by atoms with E-state index < -0.39 is 0 Å². The van der Waals surface area contributed by atoms with Gasteiger partial charge in [-0.1, -0.05) is 36.4 Å². The summed E-state index contributed by atoms with van der Waals surface area (Å²) in [6.45, 7) is -0.0170. The second-order valence-corrected chi connectivity index (χ2v) is 6.42. The Kier molecular flexibility index (Phi) is 4.64. The topological polar surface area (TPSA) is 69.0 Å². The Morgan fingerprint density at radius 2 is 2.04 bits per heavy atom. The number of ether oxygens (including phenoxy) is 1. The third-order valence-electron chi connectivity index (χ3n) is 4.44. The molecule has 0 radical (unpaired) electrons. The molecule has 1 atom stereocenters. The summed E-state index contributed by atoms with van der Waals surface area (Å²) >= 11 is 0. The number of hydrogen-bond donors (Lipinski definition) is 1. The molecule has 1 N–H and O–H groups in total. The molecule has 2 aromatic carbocycles. The maximum absolute atomic E-state index is 12.4. The van der Waals surface area contributed by atoms with Gasteiger partial charge in [-0.25, -0.2) is 9.67 Å². The first-order valence-electron chi connectivity index (χ1n) is 8.72. The quantitative estimate of drug-likeness (QED) is 0.713. The zero-order chi connectivity index (χ0) is 17.8. The van der Waals surface area contributed by atoms with Crippen molar-refractivity contribution < 1.29 is 9.53 Å². The Morgan fingerprint density at radius 3 is 2.77 bits per heavy atom. The van der Waals surface area contributed by atoms with Crippen LogP contribution in [0.25, 0.3) is 5.69 Å². The summed E-state index contributed by atoms with van der Waals surface area (Å²) in [6.07, 6.45) is 5.40. The van der Waals surface area contributed by atoms with Crippen LogP contribution in [0.15, 0.2) is 67.3 Å². The minimum atomic E-state index is -0.114. The first-order chi connectivity index (χ1) is 12.8. The van der Waals surface area contributed by atoms with Crippen molar-refractivity contribution in [2.24, 2.45) is 5.92 Å². The van der Waals surface area contributed by atoms with Gasteiger partial charge in [0.25, 0.3) is 5.91 Å². The molecule has 0 saturated heterocycles. The fourth-order valence-corrected chi connectivity index (χ4v) is 2.98. The van der Waals surface area contributed by atoms with Crippen LogP contribution in [-0.2, 0) is 4.79 Å². The molecule has 1 aliphatic carbocycles. The minimum absolute atomic E-state index is 0.0170. The van der Waals surface area contributed by atoms with Gasteiger partial charge >= 0.3 is 0 Å². The highest BCUT2D eigenvalue weighted by molar-refractivity contribution is 5.78. The molecule has 26 heavy (non-hydrogen) atoms. The number of nitrogens with one attached hydrogen (secondary N) is 1. The fourth-order valence-electron chi connectivity index (χ4n) is 2.98. The van der Waals surface area contributed by atoms with Crippen molar-refractivity contribution in [1.29, 1.82) is 0 Å². The highest BCUT2D eigenvalue weighted by atomic mass is 16.5. The standard InChI is InChI=1S/C20H20N4O2/c25-19(23-20(16-9-10-16)15-5-2-1-3-6-15)12-26-18-8-4-7-17(11-18)24-14-21-13-22-24/h1-8,11,13-14,16,20H,9-10,12H2,(H,23,25)/t20-/m1/s1. The third kappa shape index (κ3) is 3.91. The molecule has 6 heteroatoms. The number of aromatic nitrogens is 3. The maximum atomic E-state index is 12.4. The second-order valence-electron chi connectivity index (χ2n) is 6.42. The van der Waals surface area contributed by atoms with Gasteiger partial charge in [0.1, 0.15) is 18.4 Å². The maximum Gasteiger partial charge on any atom is 0.258 e. The second kappa shape index (κ2) is 7.39. The van der Waals surface area contributed by atoms with Gasteiger partial charge in [0.05, 0.1) is 11.7 Å².